The molecular weight excluding hydrogens is 264 g/mol. The van der Waals surface area contributed by atoms with Crippen LogP contribution in [0.4, 0.5) is 5.13 Å². The van der Waals surface area contributed by atoms with Crippen LogP contribution in [0.15, 0.2) is 24.7 Å². The second-order valence-electron chi connectivity index (χ2n) is 3.39. The summed E-state index contributed by atoms with van der Waals surface area (Å²) in [5.74, 6) is 5.35. The smallest absolute Gasteiger partial charge is 0.259 e. The molecule has 6 nitrogen and oxygen atoms in total. The standard InChI is InChI=1S/C12H10N4O2S/c17-6-2-1-3-10-8-13-12(19-10)16-11(18)9-4-5-14-15-7-9/h4-5,7-8,17H,2,6H2,(H,13,16,18). The van der Waals surface area contributed by atoms with Gasteiger partial charge in [0.15, 0.2) is 5.13 Å². The number of aliphatic hydroxyl groups is 1. The van der Waals surface area contributed by atoms with Crippen molar-refractivity contribution in [3.05, 3.63) is 35.1 Å². The van der Waals surface area contributed by atoms with E-state index in [0.717, 1.165) is 4.88 Å². The first-order chi connectivity index (χ1) is 9.29. The summed E-state index contributed by atoms with van der Waals surface area (Å²) in [6.45, 7) is 0.0322. The Labute approximate surface area is 113 Å². The Balaban J connectivity index is 2.01. The van der Waals surface area contributed by atoms with E-state index < -0.39 is 0 Å². The lowest BCUT2D eigenvalue weighted by molar-refractivity contribution is 0.102. The van der Waals surface area contributed by atoms with Gasteiger partial charge >= 0.3 is 0 Å². The molecule has 0 saturated carbocycles. The molecule has 0 aromatic carbocycles. The SMILES string of the molecule is O=C(Nc1ncc(C#CCCO)s1)c1ccnnc1. The normalized spacial score (nSPS) is 9.53. The van der Waals surface area contributed by atoms with Crippen LogP contribution in [0.25, 0.3) is 0 Å². The maximum Gasteiger partial charge on any atom is 0.259 e. The number of carbonyl (C=O) groups is 1. The summed E-state index contributed by atoms with van der Waals surface area (Å²) < 4.78 is 0. The molecule has 7 heteroatoms. The van der Waals surface area contributed by atoms with Gasteiger partial charge in [-0.05, 0) is 6.07 Å². The van der Waals surface area contributed by atoms with E-state index in [4.69, 9.17) is 5.11 Å². The van der Waals surface area contributed by atoms with Gasteiger partial charge in [0.25, 0.3) is 5.91 Å². The molecule has 0 aliphatic heterocycles. The van der Waals surface area contributed by atoms with Crippen LogP contribution in [0.5, 0.6) is 0 Å². The maximum atomic E-state index is 11.8. The van der Waals surface area contributed by atoms with Gasteiger partial charge in [-0.25, -0.2) is 4.98 Å². The van der Waals surface area contributed by atoms with E-state index >= 15 is 0 Å². The number of nitrogens with zero attached hydrogens (tertiary/aromatic N) is 3. The van der Waals surface area contributed by atoms with Gasteiger partial charge in [-0.15, -0.1) is 0 Å². The fourth-order valence-electron chi connectivity index (χ4n) is 1.19. The Morgan fingerprint density at radius 3 is 3.05 bits per heavy atom. The van der Waals surface area contributed by atoms with Crippen molar-refractivity contribution in [2.24, 2.45) is 0 Å². The van der Waals surface area contributed by atoms with Crippen LogP contribution in [0.1, 0.15) is 21.7 Å². The number of nitrogens with one attached hydrogen (secondary N) is 1. The third-order valence-corrected chi connectivity index (χ3v) is 2.85. The van der Waals surface area contributed by atoms with Gasteiger partial charge in [-0.3, -0.25) is 10.1 Å². The highest BCUT2D eigenvalue weighted by atomic mass is 32.1. The summed E-state index contributed by atoms with van der Waals surface area (Å²) in [5.41, 5.74) is 0.415. The number of carbonyl (C=O) groups excluding carboxylic acids is 1. The number of amides is 1. The zero-order valence-corrected chi connectivity index (χ0v) is 10.6. The lowest BCUT2D eigenvalue weighted by atomic mass is 10.3. The van der Waals surface area contributed by atoms with E-state index in [1.54, 1.807) is 12.3 Å². The number of hydrogen-bond acceptors (Lipinski definition) is 6. The number of rotatable bonds is 3. The molecule has 1 amide bonds. The van der Waals surface area contributed by atoms with Crippen molar-refractivity contribution in [2.75, 3.05) is 11.9 Å². The number of anilines is 1. The number of aliphatic hydroxyl groups excluding tert-OH is 1. The third-order valence-electron chi connectivity index (χ3n) is 2.02. The quantitative estimate of drug-likeness (QED) is 0.813. The maximum absolute atomic E-state index is 11.8. The van der Waals surface area contributed by atoms with Crippen molar-refractivity contribution in [2.45, 2.75) is 6.42 Å². The molecular formula is C12H10N4O2S. The highest BCUT2D eigenvalue weighted by Crippen LogP contribution is 2.17. The van der Waals surface area contributed by atoms with Gasteiger partial charge in [0.05, 0.1) is 35.6 Å². The van der Waals surface area contributed by atoms with Crippen molar-refractivity contribution >= 4 is 22.4 Å². The molecule has 2 heterocycles. The van der Waals surface area contributed by atoms with E-state index in [1.165, 1.54) is 23.7 Å². The van der Waals surface area contributed by atoms with E-state index in [2.05, 4.69) is 32.3 Å². The van der Waals surface area contributed by atoms with E-state index in [1.807, 2.05) is 0 Å². The molecule has 2 rings (SSSR count). The zero-order chi connectivity index (χ0) is 13.5. The van der Waals surface area contributed by atoms with Gasteiger partial charge in [-0.1, -0.05) is 23.2 Å². The monoisotopic (exact) mass is 274 g/mol. The first-order valence-electron chi connectivity index (χ1n) is 5.43. The number of hydrogen-bond donors (Lipinski definition) is 2. The van der Waals surface area contributed by atoms with E-state index in [9.17, 15) is 4.79 Å². The molecule has 96 valence electrons. The summed E-state index contributed by atoms with van der Waals surface area (Å²) >= 11 is 1.27. The Kier molecular flexibility index (Phi) is 4.55. The number of thiazole rings is 1. The van der Waals surface area contributed by atoms with Crippen LogP contribution < -0.4 is 5.32 Å². The van der Waals surface area contributed by atoms with Crippen LogP contribution in [0.2, 0.25) is 0 Å². The Bertz CT molecular complexity index is 615. The van der Waals surface area contributed by atoms with Crippen molar-refractivity contribution in [3.8, 4) is 11.8 Å². The largest absolute Gasteiger partial charge is 0.395 e. The minimum atomic E-state index is -0.292. The van der Waals surface area contributed by atoms with Gasteiger partial charge in [0.2, 0.25) is 0 Å². The molecule has 0 saturated heterocycles. The molecule has 2 aromatic heterocycles. The Hall–Kier alpha value is -2.30. The van der Waals surface area contributed by atoms with E-state index in [0.29, 0.717) is 17.1 Å². The second kappa shape index (κ2) is 6.58. The summed E-state index contributed by atoms with van der Waals surface area (Å²) in [6, 6.07) is 1.57. The topological polar surface area (TPSA) is 88.0 Å². The Morgan fingerprint density at radius 2 is 2.32 bits per heavy atom. The first kappa shape index (κ1) is 13.1. The molecule has 0 radical (unpaired) electrons. The average molecular weight is 274 g/mol. The number of aromatic nitrogens is 3. The fraction of sp³-hybridized carbons (Fsp3) is 0.167. The van der Waals surface area contributed by atoms with E-state index in [-0.39, 0.29) is 12.5 Å². The zero-order valence-electron chi connectivity index (χ0n) is 9.83. The fourth-order valence-corrected chi connectivity index (χ4v) is 1.88. The highest BCUT2D eigenvalue weighted by molar-refractivity contribution is 7.16. The van der Waals surface area contributed by atoms with Crippen molar-refractivity contribution in [3.63, 3.8) is 0 Å². The molecule has 0 aliphatic carbocycles. The van der Waals surface area contributed by atoms with Crippen molar-refractivity contribution in [1.82, 2.24) is 15.2 Å². The molecule has 0 aliphatic rings. The highest BCUT2D eigenvalue weighted by Gasteiger charge is 2.08. The summed E-state index contributed by atoms with van der Waals surface area (Å²) in [4.78, 5) is 16.6. The lowest BCUT2D eigenvalue weighted by Crippen LogP contribution is -2.11. The van der Waals surface area contributed by atoms with Gasteiger partial charge in [0.1, 0.15) is 0 Å². The molecule has 19 heavy (non-hydrogen) atoms. The molecule has 2 aromatic rings. The summed E-state index contributed by atoms with van der Waals surface area (Å²) in [7, 11) is 0. The van der Waals surface area contributed by atoms with Crippen molar-refractivity contribution in [1.29, 1.82) is 0 Å². The molecule has 0 fully saturated rings. The average Bonchev–Trinajstić information content (AvgIpc) is 2.88. The predicted molar refractivity (Wildman–Crippen MR) is 70.7 cm³/mol. The van der Waals surface area contributed by atoms with Crippen LogP contribution >= 0.6 is 11.3 Å². The van der Waals surface area contributed by atoms with Gasteiger partial charge in [0, 0.05) is 6.42 Å². The van der Waals surface area contributed by atoms with Crippen LogP contribution in [-0.2, 0) is 0 Å². The molecule has 0 bridgehead atoms. The predicted octanol–water partition coefficient (Wildman–Crippen LogP) is 0.919. The molecule has 0 atom stereocenters. The summed E-state index contributed by atoms with van der Waals surface area (Å²) in [5, 5.41) is 19.0. The third kappa shape index (κ3) is 3.84. The molecule has 2 N–H and O–H groups in total. The Morgan fingerprint density at radius 1 is 1.42 bits per heavy atom. The lowest BCUT2D eigenvalue weighted by Gasteiger charge is -1.99. The van der Waals surface area contributed by atoms with Crippen LogP contribution in [0.3, 0.4) is 0 Å². The van der Waals surface area contributed by atoms with Crippen molar-refractivity contribution < 1.29 is 9.90 Å². The summed E-state index contributed by atoms with van der Waals surface area (Å²) in [6.07, 6.45) is 4.82. The molecule has 0 unspecified atom stereocenters. The van der Waals surface area contributed by atoms with Crippen LogP contribution in [0, 0.1) is 11.8 Å². The minimum Gasteiger partial charge on any atom is -0.395 e. The van der Waals surface area contributed by atoms with Gasteiger partial charge in [-0.2, -0.15) is 10.2 Å². The first-order valence-corrected chi connectivity index (χ1v) is 6.25. The molecule has 0 spiro atoms. The van der Waals surface area contributed by atoms with Crippen LogP contribution in [-0.4, -0.2) is 32.8 Å². The minimum absolute atomic E-state index is 0.0322. The van der Waals surface area contributed by atoms with Gasteiger partial charge < -0.3 is 5.11 Å². The second-order valence-corrected chi connectivity index (χ2v) is 4.42.